The van der Waals surface area contributed by atoms with E-state index in [4.69, 9.17) is 10.5 Å². The quantitative estimate of drug-likeness (QED) is 0.877. The largest absolute Gasteiger partial charge is 0.381 e. The van der Waals surface area contributed by atoms with Gasteiger partial charge in [-0.25, -0.2) is 4.39 Å². The Kier molecular flexibility index (Phi) is 3.79. The molecule has 1 saturated heterocycles. The lowest BCUT2D eigenvalue weighted by Gasteiger charge is -2.29. The van der Waals surface area contributed by atoms with E-state index in [-0.39, 0.29) is 6.04 Å². The summed E-state index contributed by atoms with van der Waals surface area (Å²) >= 11 is 0. The highest BCUT2D eigenvalue weighted by Crippen LogP contribution is 2.29. The van der Waals surface area contributed by atoms with Crippen molar-refractivity contribution < 1.29 is 9.13 Å². The van der Waals surface area contributed by atoms with Gasteiger partial charge in [-0.15, -0.1) is 0 Å². The monoisotopic (exact) mass is 237 g/mol. The first-order chi connectivity index (χ1) is 8.09. The third-order valence-corrected chi connectivity index (χ3v) is 3.39. The van der Waals surface area contributed by atoms with Crippen molar-refractivity contribution in [2.45, 2.75) is 37.9 Å². The van der Waals surface area contributed by atoms with Crippen molar-refractivity contribution in [2.75, 3.05) is 13.2 Å². The van der Waals surface area contributed by atoms with Crippen LogP contribution >= 0.6 is 0 Å². The molecule has 2 nitrogen and oxygen atoms in total. The molecule has 0 aliphatic carbocycles. The summed E-state index contributed by atoms with van der Waals surface area (Å²) in [5.41, 5.74) is 6.83. The highest BCUT2D eigenvalue weighted by Gasteiger charge is 2.32. The highest BCUT2D eigenvalue weighted by atomic mass is 19.1. The van der Waals surface area contributed by atoms with Crippen molar-refractivity contribution in [1.82, 2.24) is 0 Å². The molecule has 1 fully saturated rings. The Morgan fingerprint density at radius 2 is 2.12 bits per heavy atom. The molecule has 1 atom stereocenters. The lowest BCUT2D eigenvalue weighted by atomic mass is 9.88. The van der Waals surface area contributed by atoms with Crippen LogP contribution in [-0.2, 0) is 11.2 Å². The number of hydrogen-bond donors (Lipinski definition) is 1. The van der Waals surface area contributed by atoms with Crippen molar-refractivity contribution >= 4 is 0 Å². The van der Waals surface area contributed by atoms with E-state index in [1.807, 2.05) is 31.2 Å². The summed E-state index contributed by atoms with van der Waals surface area (Å²) in [6, 6.07) is 7.93. The van der Waals surface area contributed by atoms with Crippen LogP contribution in [0.1, 0.15) is 36.9 Å². The third kappa shape index (κ3) is 3.27. The van der Waals surface area contributed by atoms with Gasteiger partial charge in [-0.3, -0.25) is 0 Å². The summed E-state index contributed by atoms with van der Waals surface area (Å²) in [6.07, 6.45) is 1.46. The minimum atomic E-state index is -1.10. The van der Waals surface area contributed by atoms with Gasteiger partial charge in [0.05, 0.1) is 0 Å². The van der Waals surface area contributed by atoms with E-state index < -0.39 is 5.67 Å². The van der Waals surface area contributed by atoms with Gasteiger partial charge in [0.1, 0.15) is 5.67 Å². The minimum Gasteiger partial charge on any atom is -0.381 e. The van der Waals surface area contributed by atoms with Gasteiger partial charge in [0.25, 0.3) is 0 Å². The second-order valence-electron chi connectivity index (χ2n) is 4.97. The van der Waals surface area contributed by atoms with E-state index in [0.717, 1.165) is 11.1 Å². The molecule has 1 aliphatic rings. The zero-order valence-electron chi connectivity index (χ0n) is 10.3. The van der Waals surface area contributed by atoms with Gasteiger partial charge in [-0.2, -0.15) is 0 Å². The molecule has 0 saturated carbocycles. The van der Waals surface area contributed by atoms with Crippen LogP contribution in [0.2, 0.25) is 0 Å². The molecular formula is C14H20FNO. The molecule has 1 unspecified atom stereocenters. The number of rotatable bonds is 3. The van der Waals surface area contributed by atoms with E-state index in [0.29, 0.717) is 32.5 Å². The normalized spacial score (nSPS) is 21.1. The van der Waals surface area contributed by atoms with Gasteiger partial charge in [-0.05, 0) is 18.1 Å². The molecule has 94 valence electrons. The Bertz CT molecular complexity index is 372. The molecule has 0 radical (unpaired) electrons. The molecule has 17 heavy (non-hydrogen) atoms. The van der Waals surface area contributed by atoms with Crippen LogP contribution < -0.4 is 5.73 Å². The first-order valence-electron chi connectivity index (χ1n) is 6.20. The Hall–Kier alpha value is -0.930. The summed E-state index contributed by atoms with van der Waals surface area (Å²) in [7, 11) is 0. The molecule has 3 heteroatoms. The third-order valence-electron chi connectivity index (χ3n) is 3.39. The molecule has 0 aromatic heterocycles. The Morgan fingerprint density at radius 1 is 1.41 bits per heavy atom. The number of benzene rings is 1. The Balaban J connectivity index is 2.09. The Morgan fingerprint density at radius 3 is 2.76 bits per heavy atom. The van der Waals surface area contributed by atoms with Gasteiger partial charge < -0.3 is 10.5 Å². The van der Waals surface area contributed by atoms with Gasteiger partial charge in [0, 0.05) is 38.5 Å². The number of halogens is 1. The van der Waals surface area contributed by atoms with Crippen molar-refractivity contribution in [3.63, 3.8) is 0 Å². The maximum atomic E-state index is 14.5. The van der Waals surface area contributed by atoms with Crippen molar-refractivity contribution in [3.8, 4) is 0 Å². The second kappa shape index (κ2) is 5.15. The Labute approximate surface area is 102 Å². The average Bonchev–Trinajstić information content (AvgIpc) is 2.29. The number of ether oxygens (including phenoxy) is 1. The van der Waals surface area contributed by atoms with Crippen LogP contribution in [0.5, 0.6) is 0 Å². The number of hydrogen-bond acceptors (Lipinski definition) is 2. The standard InChI is InChI=1S/C14H20FNO/c1-11(16)13-4-2-3-12(9-13)10-14(15)5-7-17-8-6-14/h2-4,9,11H,5-8,10,16H2,1H3. The molecule has 1 aromatic carbocycles. The fourth-order valence-electron chi connectivity index (χ4n) is 2.27. The smallest absolute Gasteiger partial charge is 0.119 e. The second-order valence-corrected chi connectivity index (χ2v) is 4.97. The SMILES string of the molecule is CC(N)c1cccc(CC2(F)CCOCC2)c1. The number of nitrogens with two attached hydrogens (primary N) is 1. The van der Waals surface area contributed by atoms with Crippen LogP contribution in [0.3, 0.4) is 0 Å². The highest BCUT2D eigenvalue weighted by molar-refractivity contribution is 5.26. The van der Waals surface area contributed by atoms with E-state index in [1.165, 1.54) is 0 Å². The van der Waals surface area contributed by atoms with Crippen molar-refractivity contribution in [3.05, 3.63) is 35.4 Å². The topological polar surface area (TPSA) is 35.2 Å². The zero-order valence-corrected chi connectivity index (χ0v) is 10.3. The minimum absolute atomic E-state index is 0.000186. The average molecular weight is 237 g/mol. The lowest BCUT2D eigenvalue weighted by Crippen LogP contribution is -2.33. The van der Waals surface area contributed by atoms with E-state index in [9.17, 15) is 4.39 Å². The molecule has 0 bridgehead atoms. The fourth-order valence-corrected chi connectivity index (χ4v) is 2.27. The molecule has 0 amide bonds. The predicted molar refractivity (Wildman–Crippen MR) is 66.6 cm³/mol. The maximum Gasteiger partial charge on any atom is 0.119 e. The molecule has 2 rings (SSSR count). The summed E-state index contributed by atoms with van der Waals surface area (Å²) in [6.45, 7) is 3.01. The number of alkyl halides is 1. The zero-order chi connectivity index (χ0) is 12.3. The van der Waals surface area contributed by atoms with Gasteiger partial charge in [0.2, 0.25) is 0 Å². The summed E-state index contributed by atoms with van der Waals surface area (Å²) in [4.78, 5) is 0. The predicted octanol–water partition coefficient (Wildman–Crippen LogP) is 2.77. The van der Waals surface area contributed by atoms with E-state index in [2.05, 4.69) is 0 Å². The van der Waals surface area contributed by atoms with Crippen LogP contribution in [0.4, 0.5) is 4.39 Å². The molecule has 2 N–H and O–H groups in total. The lowest BCUT2D eigenvalue weighted by molar-refractivity contribution is -0.00816. The van der Waals surface area contributed by atoms with Gasteiger partial charge >= 0.3 is 0 Å². The molecule has 1 aliphatic heterocycles. The summed E-state index contributed by atoms with van der Waals surface area (Å²) < 4.78 is 19.7. The van der Waals surface area contributed by atoms with Crippen LogP contribution in [0, 0.1) is 0 Å². The van der Waals surface area contributed by atoms with E-state index >= 15 is 0 Å². The van der Waals surface area contributed by atoms with Crippen LogP contribution in [0.15, 0.2) is 24.3 Å². The van der Waals surface area contributed by atoms with Gasteiger partial charge in [0.15, 0.2) is 0 Å². The van der Waals surface area contributed by atoms with Crippen LogP contribution in [-0.4, -0.2) is 18.9 Å². The van der Waals surface area contributed by atoms with E-state index in [1.54, 1.807) is 0 Å². The first kappa shape index (κ1) is 12.5. The van der Waals surface area contributed by atoms with Gasteiger partial charge in [-0.1, -0.05) is 24.3 Å². The van der Waals surface area contributed by atoms with Crippen molar-refractivity contribution in [2.24, 2.45) is 5.73 Å². The molecule has 0 spiro atoms. The van der Waals surface area contributed by atoms with Crippen molar-refractivity contribution in [1.29, 1.82) is 0 Å². The fraction of sp³-hybridized carbons (Fsp3) is 0.571. The summed E-state index contributed by atoms with van der Waals surface area (Å²) in [5, 5.41) is 0. The molecular weight excluding hydrogens is 217 g/mol. The molecule has 1 aromatic rings. The molecule has 1 heterocycles. The summed E-state index contributed by atoms with van der Waals surface area (Å²) in [5.74, 6) is 0. The maximum absolute atomic E-state index is 14.5. The first-order valence-corrected chi connectivity index (χ1v) is 6.20. The van der Waals surface area contributed by atoms with Crippen LogP contribution in [0.25, 0.3) is 0 Å².